The Hall–Kier alpha value is -1.58. The molecule has 0 unspecified atom stereocenters. The summed E-state index contributed by atoms with van der Waals surface area (Å²) in [6.07, 6.45) is 9.15. The Labute approximate surface area is 149 Å². The molecule has 3 aliphatic heterocycles. The average Bonchev–Trinajstić information content (AvgIpc) is 2.53. The number of rotatable bonds is 2. The molecule has 0 radical (unpaired) electrons. The lowest BCUT2D eigenvalue weighted by Gasteiger charge is -2.41. The van der Waals surface area contributed by atoms with E-state index in [4.69, 9.17) is 11.6 Å². The van der Waals surface area contributed by atoms with Crippen LogP contribution < -0.4 is 4.90 Å². The van der Waals surface area contributed by atoms with Gasteiger partial charge in [-0.1, -0.05) is 23.7 Å². The van der Waals surface area contributed by atoms with Crippen molar-refractivity contribution in [2.24, 2.45) is 0 Å². The second kappa shape index (κ2) is 7.12. The number of aromatic nitrogens is 1. The van der Waals surface area contributed by atoms with Crippen LogP contribution in [0.15, 0.2) is 42.7 Å². The van der Waals surface area contributed by atoms with Gasteiger partial charge in [0.1, 0.15) is 0 Å². The van der Waals surface area contributed by atoms with Gasteiger partial charge in [-0.05, 0) is 62.5 Å². The van der Waals surface area contributed by atoms with Gasteiger partial charge in [0.15, 0.2) is 0 Å². The van der Waals surface area contributed by atoms with Crippen molar-refractivity contribution in [2.75, 3.05) is 31.1 Å². The number of nitrogens with zero attached hydrogens (tertiary/aromatic N) is 3. The number of hydrogen-bond acceptors (Lipinski definition) is 3. The first-order valence-corrected chi connectivity index (χ1v) is 9.37. The van der Waals surface area contributed by atoms with E-state index < -0.39 is 0 Å². The predicted octanol–water partition coefficient (Wildman–Crippen LogP) is 4.47. The standard InChI is InChI=1S/C20H24ClN3/c21-18-5-1-4-16(12-18)17-13-20(15-22-14-17)24-11-10-23-8-2-6-19(24)7-3-9-23/h1,4-5,12-15,19H,2-3,6-11H2. The molecule has 2 bridgehead atoms. The van der Waals surface area contributed by atoms with Crippen LogP contribution in [0.4, 0.5) is 5.69 Å². The van der Waals surface area contributed by atoms with Crippen LogP contribution in [-0.4, -0.2) is 42.1 Å². The summed E-state index contributed by atoms with van der Waals surface area (Å²) in [5.74, 6) is 0. The number of pyridine rings is 1. The van der Waals surface area contributed by atoms with Gasteiger partial charge in [0.05, 0.1) is 11.9 Å². The van der Waals surface area contributed by atoms with Gasteiger partial charge in [0.25, 0.3) is 0 Å². The number of benzene rings is 1. The second-order valence-corrected chi connectivity index (χ2v) is 7.35. The van der Waals surface area contributed by atoms with E-state index in [1.165, 1.54) is 44.5 Å². The van der Waals surface area contributed by atoms with Gasteiger partial charge in [-0.3, -0.25) is 4.98 Å². The minimum Gasteiger partial charge on any atom is -0.366 e. The summed E-state index contributed by atoms with van der Waals surface area (Å²) in [4.78, 5) is 9.74. The Morgan fingerprint density at radius 2 is 1.75 bits per heavy atom. The summed E-state index contributed by atoms with van der Waals surface area (Å²) in [7, 11) is 0. The largest absolute Gasteiger partial charge is 0.366 e. The molecule has 0 N–H and O–H groups in total. The predicted molar refractivity (Wildman–Crippen MR) is 101 cm³/mol. The van der Waals surface area contributed by atoms with Gasteiger partial charge in [0.2, 0.25) is 0 Å². The van der Waals surface area contributed by atoms with E-state index in [2.05, 4.69) is 26.9 Å². The first-order chi connectivity index (χ1) is 11.8. The van der Waals surface area contributed by atoms with Crippen molar-refractivity contribution in [1.82, 2.24) is 9.88 Å². The Kier molecular flexibility index (Phi) is 4.72. The van der Waals surface area contributed by atoms with E-state index in [9.17, 15) is 0 Å². The quantitative estimate of drug-likeness (QED) is 0.803. The van der Waals surface area contributed by atoms with Crippen molar-refractivity contribution >= 4 is 17.3 Å². The van der Waals surface area contributed by atoms with Crippen LogP contribution in [0.2, 0.25) is 5.02 Å². The molecule has 3 nitrogen and oxygen atoms in total. The Balaban J connectivity index is 1.64. The van der Waals surface area contributed by atoms with E-state index in [1.54, 1.807) is 0 Å². The summed E-state index contributed by atoms with van der Waals surface area (Å²) < 4.78 is 0. The van der Waals surface area contributed by atoms with Crippen molar-refractivity contribution in [3.8, 4) is 11.1 Å². The van der Waals surface area contributed by atoms with Crippen LogP contribution in [0.5, 0.6) is 0 Å². The zero-order chi connectivity index (χ0) is 16.4. The summed E-state index contributed by atoms with van der Waals surface area (Å²) in [5, 5.41) is 0.770. The summed E-state index contributed by atoms with van der Waals surface area (Å²) in [6.45, 7) is 4.81. The van der Waals surface area contributed by atoms with Gasteiger partial charge >= 0.3 is 0 Å². The molecule has 0 spiro atoms. The molecule has 3 aliphatic rings. The maximum atomic E-state index is 6.16. The van der Waals surface area contributed by atoms with Gasteiger partial charge < -0.3 is 9.80 Å². The highest BCUT2D eigenvalue weighted by Gasteiger charge is 2.25. The van der Waals surface area contributed by atoms with Crippen molar-refractivity contribution in [3.05, 3.63) is 47.7 Å². The highest BCUT2D eigenvalue weighted by Crippen LogP contribution is 2.30. The summed E-state index contributed by atoms with van der Waals surface area (Å²) >= 11 is 6.16. The fourth-order valence-corrected chi connectivity index (χ4v) is 4.27. The normalized spacial score (nSPS) is 24.3. The zero-order valence-electron chi connectivity index (χ0n) is 14.0. The lowest BCUT2D eigenvalue weighted by molar-refractivity contribution is 0.217. The van der Waals surface area contributed by atoms with Crippen molar-refractivity contribution in [3.63, 3.8) is 0 Å². The lowest BCUT2D eigenvalue weighted by Crippen LogP contribution is -2.47. The molecule has 24 heavy (non-hydrogen) atoms. The maximum absolute atomic E-state index is 6.16. The van der Waals surface area contributed by atoms with Crippen LogP contribution in [0, 0.1) is 0 Å². The smallest absolute Gasteiger partial charge is 0.0561 e. The molecule has 0 saturated carbocycles. The monoisotopic (exact) mass is 341 g/mol. The van der Waals surface area contributed by atoms with E-state index in [-0.39, 0.29) is 0 Å². The molecule has 0 atom stereocenters. The van der Waals surface area contributed by atoms with Crippen LogP contribution in [0.1, 0.15) is 25.7 Å². The van der Waals surface area contributed by atoms with Gasteiger partial charge in [-0.25, -0.2) is 0 Å². The van der Waals surface area contributed by atoms with Gasteiger partial charge in [-0.2, -0.15) is 0 Å². The lowest BCUT2D eigenvalue weighted by atomic mass is 9.98. The molecule has 5 rings (SSSR count). The molecular formula is C20H24ClN3. The molecule has 3 fully saturated rings. The Morgan fingerprint density at radius 3 is 2.54 bits per heavy atom. The molecule has 126 valence electrons. The third-order valence-electron chi connectivity index (χ3n) is 5.33. The van der Waals surface area contributed by atoms with E-state index in [0.717, 1.165) is 29.2 Å². The van der Waals surface area contributed by atoms with Crippen LogP contribution in [-0.2, 0) is 0 Å². The van der Waals surface area contributed by atoms with Gasteiger partial charge in [0, 0.05) is 35.9 Å². The highest BCUT2D eigenvalue weighted by molar-refractivity contribution is 6.30. The van der Waals surface area contributed by atoms with Crippen LogP contribution in [0.25, 0.3) is 11.1 Å². The Morgan fingerprint density at radius 1 is 0.917 bits per heavy atom. The third-order valence-corrected chi connectivity index (χ3v) is 5.57. The number of hydrogen-bond donors (Lipinski definition) is 0. The van der Waals surface area contributed by atoms with E-state index in [1.807, 2.05) is 30.6 Å². The molecule has 3 saturated heterocycles. The van der Waals surface area contributed by atoms with Gasteiger partial charge in [-0.15, -0.1) is 0 Å². The molecule has 1 aromatic heterocycles. The summed E-state index contributed by atoms with van der Waals surface area (Å²) in [6, 6.07) is 11.0. The molecule has 4 heterocycles. The average molecular weight is 342 g/mol. The minimum absolute atomic E-state index is 0.656. The number of fused-ring (bicyclic) bond motifs is 6. The maximum Gasteiger partial charge on any atom is 0.0561 e. The minimum atomic E-state index is 0.656. The SMILES string of the molecule is Clc1cccc(-c2cncc(N3CCN4CCCC3CCC4)c2)c1. The highest BCUT2D eigenvalue weighted by atomic mass is 35.5. The van der Waals surface area contributed by atoms with Crippen molar-refractivity contribution < 1.29 is 0 Å². The zero-order valence-corrected chi connectivity index (χ0v) is 14.8. The van der Waals surface area contributed by atoms with Crippen LogP contribution >= 0.6 is 11.6 Å². The van der Waals surface area contributed by atoms with Crippen molar-refractivity contribution in [1.29, 1.82) is 0 Å². The van der Waals surface area contributed by atoms with Crippen LogP contribution in [0.3, 0.4) is 0 Å². The summed E-state index contributed by atoms with van der Waals surface area (Å²) in [5.41, 5.74) is 3.53. The van der Waals surface area contributed by atoms with E-state index >= 15 is 0 Å². The molecule has 4 heteroatoms. The molecule has 2 aromatic rings. The first kappa shape index (κ1) is 15.9. The van der Waals surface area contributed by atoms with Crippen molar-refractivity contribution in [2.45, 2.75) is 31.7 Å². The number of halogens is 1. The topological polar surface area (TPSA) is 19.4 Å². The Bertz CT molecular complexity index is 693. The molecular weight excluding hydrogens is 318 g/mol. The molecule has 1 aromatic carbocycles. The first-order valence-electron chi connectivity index (χ1n) is 8.99. The second-order valence-electron chi connectivity index (χ2n) is 6.92. The fraction of sp³-hybridized carbons (Fsp3) is 0.450. The molecule has 0 aliphatic carbocycles. The number of anilines is 1. The fourth-order valence-electron chi connectivity index (χ4n) is 4.07. The molecule has 0 amide bonds. The third kappa shape index (κ3) is 3.42. The van der Waals surface area contributed by atoms with E-state index in [0.29, 0.717) is 6.04 Å².